The summed E-state index contributed by atoms with van der Waals surface area (Å²) in [6.45, 7) is 0.782. The molecule has 4 aromatic heterocycles. The molecule has 8 rings (SSSR count). The lowest BCUT2D eigenvalue weighted by Gasteiger charge is -2.12. The first kappa shape index (κ1) is 37.8. The van der Waals surface area contributed by atoms with Crippen LogP contribution < -0.4 is 9.47 Å². The number of hydrogen-bond acceptors (Lipinski definition) is 12. The molecule has 0 bridgehead atoms. The van der Waals surface area contributed by atoms with Crippen LogP contribution in [0, 0.1) is 0 Å². The van der Waals surface area contributed by atoms with E-state index in [1.54, 1.807) is 72.4 Å². The molecule has 0 saturated heterocycles. The SMILES string of the molecule is COc1ccc(Cn2nnc(-c3cnn(-c4ccc(Cl)cc4Cl)c3SSc3c(-c4nnn(Cc5ccc(OC)cc5)n4)cnn3-c3ccc(Cl)cc3Cl)n2)cc1. The Balaban J connectivity index is 1.17. The molecule has 282 valence electrons. The highest BCUT2D eigenvalue weighted by Gasteiger charge is 2.25. The van der Waals surface area contributed by atoms with Crippen LogP contribution in [-0.2, 0) is 13.1 Å². The molecule has 0 aliphatic heterocycles. The molecule has 0 saturated carbocycles. The first-order chi connectivity index (χ1) is 27.3. The zero-order chi connectivity index (χ0) is 38.8. The largest absolute Gasteiger partial charge is 0.497 e. The molecular weight excluding hydrogens is 838 g/mol. The maximum absolute atomic E-state index is 6.73. The average Bonchev–Trinajstić information content (AvgIpc) is 4.02. The number of nitrogens with zero attached hydrogens (tertiary/aromatic N) is 12. The molecule has 20 heteroatoms. The highest BCUT2D eigenvalue weighted by Crippen LogP contribution is 2.46. The molecule has 0 spiro atoms. The molecular formula is C36H26Cl4N12O2S2. The Morgan fingerprint density at radius 1 is 0.554 bits per heavy atom. The van der Waals surface area contributed by atoms with Gasteiger partial charge in [0.15, 0.2) is 0 Å². The van der Waals surface area contributed by atoms with Gasteiger partial charge in [0.2, 0.25) is 11.6 Å². The summed E-state index contributed by atoms with van der Waals surface area (Å²) in [6.07, 6.45) is 3.34. The number of ether oxygens (including phenoxy) is 2. The van der Waals surface area contributed by atoms with Crippen molar-refractivity contribution in [1.29, 1.82) is 0 Å². The highest BCUT2D eigenvalue weighted by atomic mass is 35.5. The van der Waals surface area contributed by atoms with Crippen molar-refractivity contribution in [3.05, 3.63) is 129 Å². The summed E-state index contributed by atoms with van der Waals surface area (Å²) in [5, 5.41) is 39.4. The van der Waals surface area contributed by atoms with E-state index < -0.39 is 0 Å². The number of aromatic nitrogens is 12. The van der Waals surface area contributed by atoms with Gasteiger partial charge in [-0.25, -0.2) is 9.36 Å². The molecule has 4 heterocycles. The Hall–Kier alpha value is -5.10. The van der Waals surface area contributed by atoms with Crippen molar-refractivity contribution in [3.63, 3.8) is 0 Å². The van der Waals surface area contributed by atoms with E-state index in [-0.39, 0.29) is 0 Å². The summed E-state index contributed by atoms with van der Waals surface area (Å²) in [6, 6.07) is 25.7. The van der Waals surface area contributed by atoms with Gasteiger partial charge in [0, 0.05) is 10.0 Å². The van der Waals surface area contributed by atoms with Crippen LogP contribution >= 0.6 is 68.0 Å². The van der Waals surface area contributed by atoms with Crippen LogP contribution in [0.1, 0.15) is 11.1 Å². The van der Waals surface area contributed by atoms with Gasteiger partial charge in [-0.3, -0.25) is 0 Å². The van der Waals surface area contributed by atoms with Crippen LogP contribution in [0.4, 0.5) is 0 Å². The molecule has 0 atom stereocenters. The summed E-state index contributed by atoms with van der Waals surface area (Å²) in [4.78, 5) is 3.03. The Labute approximate surface area is 347 Å². The summed E-state index contributed by atoms with van der Waals surface area (Å²) >= 11 is 26.0. The van der Waals surface area contributed by atoms with Gasteiger partial charge in [-0.1, -0.05) is 70.7 Å². The molecule has 0 fully saturated rings. The maximum Gasteiger partial charge on any atom is 0.209 e. The normalized spacial score (nSPS) is 11.3. The number of methoxy groups -OCH3 is 2. The van der Waals surface area contributed by atoms with Crippen LogP contribution in [0.3, 0.4) is 0 Å². The van der Waals surface area contributed by atoms with E-state index >= 15 is 0 Å². The minimum absolute atomic E-state index is 0.357. The lowest BCUT2D eigenvalue weighted by Crippen LogP contribution is -2.04. The third-order valence-corrected chi connectivity index (χ3v) is 11.7. The summed E-state index contributed by atoms with van der Waals surface area (Å²) in [5.41, 5.74) is 4.34. The number of benzene rings is 4. The summed E-state index contributed by atoms with van der Waals surface area (Å²) < 4.78 is 14.0. The van der Waals surface area contributed by atoms with Gasteiger partial charge in [0.05, 0.1) is 72.2 Å². The summed E-state index contributed by atoms with van der Waals surface area (Å²) in [5.74, 6) is 2.22. The molecule has 14 nitrogen and oxygen atoms in total. The lowest BCUT2D eigenvalue weighted by molar-refractivity contribution is 0.414. The average molecular weight is 865 g/mol. The number of hydrogen-bond donors (Lipinski definition) is 0. The molecule has 0 aliphatic carbocycles. The van der Waals surface area contributed by atoms with Crippen molar-refractivity contribution in [1.82, 2.24) is 60.0 Å². The Morgan fingerprint density at radius 2 is 0.964 bits per heavy atom. The van der Waals surface area contributed by atoms with Crippen LogP contribution in [-0.4, -0.2) is 74.2 Å². The Morgan fingerprint density at radius 3 is 1.34 bits per heavy atom. The fraction of sp³-hybridized carbons (Fsp3) is 0.111. The van der Waals surface area contributed by atoms with Crippen molar-refractivity contribution in [2.75, 3.05) is 14.2 Å². The van der Waals surface area contributed by atoms with Gasteiger partial charge in [-0.15, -0.1) is 20.4 Å². The Kier molecular flexibility index (Phi) is 11.2. The van der Waals surface area contributed by atoms with Gasteiger partial charge >= 0.3 is 0 Å². The van der Waals surface area contributed by atoms with Crippen molar-refractivity contribution in [2.24, 2.45) is 0 Å². The molecule has 0 amide bonds. The van der Waals surface area contributed by atoms with Gasteiger partial charge in [0.25, 0.3) is 0 Å². The molecule has 4 aromatic carbocycles. The summed E-state index contributed by atoms with van der Waals surface area (Å²) in [7, 11) is 5.98. The monoisotopic (exact) mass is 862 g/mol. The van der Waals surface area contributed by atoms with Crippen LogP contribution in [0.25, 0.3) is 34.2 Å². The second-order valence-corrected chi connectivity index (χ2v) is 15.7. The van der Waals surface area contributed by atoms with E-state index in [0.29, 0.717) is 77.4 Å². The van der Waals surface area contributed by atoms with E-state index in [2.05, 4.69) is 20.6 Å². The van der Waals surface area contributed by atoms with Crippen LogP contribution in [0.5, 0.6) is 11.5 Å². The molecule has 0 unspecified atom stereocenters. The predicted octanol–water partition coefficient (Wildman–Crippen LogP) is 8.89. The zero-order valence-corrected chi connectivity index (χ0v) is 33.8. The van der Waals surface area contributed by atoms with Gasteiger partial charge in [0.1, 0.15) is 21.6 Å². The van der Waals surface area contributed by atoms with E-state index in [1.807, 2.05) is 48.5 Å². The Bertz CT molecular complexity index is 2460. The zero-order valence-electron chi connectivity index (χ0n) is 29.2. The van der Waals surface area contributed by atoms with Gasteiger partial charge < -0.3 is 9.47 Å². The van der Waals surface area contributed by atoms with Crippen molar-refractivity contribution < 1.29 is 9.47 Å². The molecule has 0 radical (unpaired) electrons. The van der Waals surface area contributed by atoms with E-state index in [9.17, 15) is 0 Å². The van der Waals surface area contributed by atoms with Gasteiger partial charge in [-0.05, 0) is 104 Å². The third kappa shape index (κ3) is 8.07. The highest BCUT2D eigenvalue weighted by molar-refractivity contribution is 8.76. The van der Waals surface area contributed by atoms with Crippen LogP contribution in [0.2, 0.25) is 20.1 Å². The predicted molar refractivity (Wildman–Crippen MR) is 217 cm³/mol. The van der Waals surface area contributed by atoms with Gasteiger partial charge in [-0.2, -0.15) is 19.8 Å². The number of rotatable bonds is 13. The van der Waals surface area contributed by atoms with E-state index in [1.165, 1.54) is 31.2 Å². The lowest BCUT2D eigenvalue weighted by atomic mass is 10.2. The first-order valence-corrected chi connectivity index (χ1v) is 20.2. The second kappa shape index (κ2) is 16.6. The molecule has 56 heavy (non-hydrogen) atoms. The number of halogens is 4. The van der Waals surface area contributed by atoms with Crippen LogP contribution in [0.15, 0.2) is 107 Å². The maximum atomic E-state index is 6.73. The van der Waals surface area contributed by atoms with Crippen molar-refractivity contribution in [3.8, 4) is 45.6 Å². The topological polar surface area (TPSA) is 141 Å². The fourth-order valence-corrected chi connectivity index (χ4v) is 8.96. The van der Waals surface area contributed by atoms with E-state index in [4.69, 9.17) is 76.3 Å². The minimum atomic E-state index is 0.357. The van der Waals surface area contributed by atoms with Crippen molar-refractivity contribution in [2.45, 2.75) is 23.1 Å². The minimum Gasteiger partial charge on any atom is -0.497 e. The fourth-order valence-electron chi connectivity index (χ4n) is 5.49. The standard InChI is InChI=1S/C36H26Cl4N12O2S2/c1-53-25-9-3-21(4-10-25)19-49-45-33(43-47-49)27-17-41-51(31-13-7-23(37)15-29(31)39)35(27)55-56-36-28(18-42-52(36)32-14-8-24(38)16-30(32)40)34-44-48-50(46-34)20-22-5-11-26(54-2)12-6-22/h3-18H,19-20H2,1-2H3. The van der Waals surface area contributed by atoms with Crippen molar-refractivity contribution >= 4 is 68.0 Å². The first-order valence-electron chi connectivity index (χ1n) is 16.5. The molecule has 8 aromatic rings. The smallest absolute Gasteiger partial charge is 0.209 e. The number of tetrazole rings is 2. The molecule has 0 N–H and O–H groups in total. The molecule has 0 aliphatic rings. The quantitative estimate of drug-likeness (QED) is 0.102. The second-order valence-electron chi connectivity index (χ2n) is 11.9. The van der Waals surface area contributed by atoms with E-state index in [0.717, 1.165) is 22.6 Å². The third-order valence-electron chi connectivity index (χ3n) is 8.28.